The maximum atomic E-state index is 3.53. The Morgan fingerprint density at radius 2 is 1.02 bits per heavy atom. The first-order chi connectivity index (χ1) is 21.5. The molecule has 6 rings (SSSR count). The Balaban J connectivity index is 0.000000281. The Morgan fingerprint density at radius 1 is 0.562 bits per heavy atom. The quantitative estimate of drug-likeness (QED) is 0.202. The van der Waals surface area contributed by atoms with Gasteiger partial charge in [-0.15, -0.1) is 5.56 Å². The summed E-state index contributed by atoms with van der Waals surface area (Å²) in [7, 11) is 0. The van der Waals surface area contributed by atoms with Crippen LogP contribution in [0.25, 0.3) is 11.1 Å². The van der Waals surface area contributed by atoms with Crippen LogP contribution in [0.4, 0.5) is 0 Å². The summed E-state index contributed by atoms with van der Waals surface area (Å²) in [5.74, 6) is 0. The fraction of sp³-hybridized carbons (Fsp3) is 0.333. The van der Waals surface area contributed by atoms with Crippen LogP contribution in [0, 0.1) is 6.07 Å². The van der Waals surface area contributed by atoms with Crippen LogP contribution in [0.1, 0.15) is 103 Å². The predicted octanol–water partition coefficient (Wildman–Crippen LogP) is 5.73. The van der Waals surface area contributed by atoms with Crippen molar-refractivity contribution in [2.45, 2.75) is 97.3 Å². The Labute approximate surface area is 319 Å². The largest absolute Gasteiger partial charge is 1.00 e. The van der Waals surface area contributed by atoms with Crippen LogP contribution in [0.3, 0.4) is 0 Å². The second kappa shape index (κ2) is 17.0. The zero-order valence-electron chi connectivity index (χ0n) is 30.5. The van der Waals surface area contributed by atoms with E-state index in [9.17, 15) is 0 Å². The van der Waals surface area contributed by atoms with Crippen molar-refractivity contribution < 1.29 is 49.0 Å². The number of benzene rings is 4. The molecule has 0 aliphatic heterocycles. The topological polar surface area (TPSA) is 0 Å². The van der Waals surface area contributed by atoms with Gasteiger partial charge in [-0.3, -0.25) is 0 Å². The van der Waals surface area contributed by atoms with Crippen molar-refractivity contribution in [1.82, 2.24) is 0 Å². The van der Waals surface area contributed by atoms with Gasteiger partial charge in [0.25, 0.3) is 0 Å². The summed E-state index contributed by atoms with van der Waals surface area (Å²) < 4.78 is 1.58. The van der Waals surface area contributed by atoms with E-state index in [2.05, 4.69) is 166 Å². The van der Waals surface area contributed by atoms with Crippen molar-refractivity contribution in [2.24, 2.45) is 0 Å². The van der Waals surface area contributed by atoms with Crippen LogP contribution in [0.15, 0.2) is 121 Å². The van der Waals surface area contributed by atoms with E-state index in [1.54, 1.807) is 3.21 Å². The molecule has 252 valence electrons. The molecule has 5 aromatic rings. The third-order valence-electron chi connectivity index (χ3n) is 9.32. The molecule has 0 saturated carbocycles. The van der Waals surface area contributed by atoms with Gasteiger partial charge >= 0.3 is 138 Å². The number of rotatable bonds is 4. The average Bonchev–Trinajstić information content (AvgIpc) is 3.72. The second-order valence-electron chi connectivity index (χ2n) is 15.6. The SMILES string of the molecule is CC(C)(C)c1c[c-]c2c(c1)-c1cc(C(C)(C)C)ccc1C2.CC(C)([C](=[Zr+2])C(C)(C)c1ccccc1)c1ccccc1.[Cl-].[Cl-].c1cc[cH-]c1. The molecule has 3 heteroatoms. The van der Waals surface area contributed by atoms with E-state index in [0.717, 1.165) is 6.42 Å². The van der Waals surface area contributed by atoms with Crippen LogP contribution < -0.4 is 24.8 Å². The van der Waals surface area contributed by atoms with Crippen LogP contribution in [-0.4, -0.2) is 3.21 Å². The number of halogens is 2. The van der Waals surface area contributed by atoms with Gasteiger partial charge in [-0.05, 0) is 17.4 Å². The van der Waals surface area contributed by atoms with Crippen molar-refractivity contribution in [3.8, 4) is 11.1 Å². The fourth-order valence-electron chi connectivity index (χ4n) is 6.09. The molecule has 0 fully saturated rings. The van der Waals surface area contributed by atoms with Crippen molar-refractivity contribution in [2.75, 3.05) is 0 Å². The molecule has 1 aliphatic rings. The molecule has 0 amide bonds. The van der Waals surface area contributed by atoms with Crippen molar-refractivity contribution in [1.29, 1.82) is 0 Å². The van der Waals surface area contributed by atoms with Gasteiger partial charge in [0, 0.05) is 0 Å². The van der Waals surface area contributed by atoms with Gasteiger partial charge in [-0.1, -0.05) is 76.3 Å². The third kappa shape index (κ3) is 10.1. The minimum absolute atomic E-state index is 0. The number of hydrogen-bond donors (Lipinski definition) is 0. The minimum atomic E-state index is 0. The molecular weight excluding hydrogens is 703 g/mol. The van der Waals surface area contributed by atoms with Crippen molar-refractivity contribution in [3.05, 3.63) is 161 Å². The third-order valence-corrected chi connectivity index (χ3v) is 12.4. The van der Waals surface area contributed by atoms with Crippen LogP contribution in [-0.2, 0) is 52.3 Å². The van der Waals surface area contributed by atoms with Gasteiger partial charge in [0.1, 0.15) is 0 Å². The maximum Gasteiger partial charge on any atom is -0.172 e. The normalized spacial score (nSPS) is 12.1. The molecule has 1 aliphatic carbocycles. The summed E-state index contributed by atoms with van der Waals surface area (Å²) >= 11 is 1.51. The van der Waals surface area contributed by atoms with E-state index >= 15 is 0 Å². The smallest absolute Gasteiger partial charge is 0.172 e. The van der Waals surface area contributed by atoms with Gasteiger partial charge in [-0.25, -0.2) is 12.1 Å². The Hall–Kier alpha value is -2.44. The Kier molecular flexibility index (Phi) is 14.8. The van der Waals surface area contributed by atoms with E-state index in [4.69, 9.17) is 0 Å². The van der Waals surface area contributed by atoms with Crippen molar-refractivity contribution >= 4 is 3.21 Å². The van der Waals surface area contributed by atoms with Gasteiger partial charge in [0.15, 0.2) is 0 Å². The van der Waals surface area contributed by atoms with Gasteiger partial charge in [0.05, 0.1) is 0 Å². The molecule has 0 saturated heterocycles. The molecule has 0 unspecified atom stereocenters. The summed E-state index contributed by atoms with van der Waals surface area (Å²) in [6.07, 6.45) is 1.03. The predicted molar refractivity (Wildman–Crippen MR) is 197 cm³/mol. The first-order valence-corrected chi connectivity index (χ1v) is 17.8. The molecule has 0 N–H and O–H groups in total. The van der Waals surface area contributed by atoms with E-state index in [1.807, 2.05) is 30.3 Å². The summed E-state index contributed by atoms with van der Waals surface area (Å²) in [6.45, 7) is 23.0. The molecule has 0 spiro atoms. The number of fused-ring (bicyclic) bond motifs is 3. The van der Waals surface area contributed by atoms with E-state index in [1.165, 1.54) is 68.7 Å². The van der Waals surface area contributed by atoms with Gasteiger partial charge in [0.2, 0.25) is 0 Å². The summed E-state index contributed by atoms with van der Waals surface area (Å²) in [5, 5.41) is 0. The van der Waals surface area contributed by atoms with Gasteiger partial charge in [-0.2, -0.15) is 47.5 Å². The molecule has 0 nitrogen and oxygen atoms in total. The first kappa shape index (κ1) is 41.7. The molecule has 48 heavy (non-hydrogen) atoms. The summed E-state index contributed by atoms with van der Waals surface area (Å²) in [4.78, 5) is 0. The molecule has 0 heterocycles. The second-order valence-corrected chi connectivity index (χ2v) is 16.9. The van der Waals surface area contributed by atoms with Crippen LogP contribution >= 0.6 is 0 Å². The molecular formula is C45H52Cl2Zr-2. The standard InChI is InChI=1S/C21H25.C19H22.C5H5.2ClH.Zr/c1-20(2,3)16-9-7-14-11-15-8-10-17(21(4,5)6)13-19(15)18(14)12-16;1-18(2,16-11-7-5-8-12-16)15-19(3,4)17-13-9-6-10-14-17;1-2-4-5-3-1;;;/h7,9-10,12-13H,11H2,1-6H3;5-14H,1-4H3;1-5H;2*1H;/q-1;;-1;;;+2/p-2. The number of hydrogen-bond acceptors (Lipinski definition) is 0. The first-order valence-electron chi connectivity index (χ1n) is 16.6. The molecule has 0 aromatic heterocycles. The Morgan fingerprint density at radius 3 is 1.44 bits per heavy atom. The van der Waals surface area contributed by atoms with Crippen molar-refractivity contribution in [3.63, 3.8) is 0 Å². The fourth-order valence-corrected chi connectivity index (χ4v) is 6.79. The zero-order chi connectivity index (χ0) is 33.8. The molecule has 0 radical (unpaired) electrons. The summed E-state index contributed by atoms with van der Waals surface area (Å²) in [6, 6.07) is 46.7. The average molecular weight is 755 g/mol. The molecule has 0 bridgehead atoms. The molecule has 5 aromatic carbocycles. The van der Waals surface area contributed by atoms with E-state index in [-0.39, 0.29) is 46.5 Å². The minimum Gasteiger partial charge on any atom is -1.00 e. The maximum absolute atomic E-state index is 3.53. The van der Waals surface area contributed by atoms with Crippen LogP contribution in [0.5, 0.6) is 0 Å². The van der Waals surface area contributed by atoms with Gasteiger partial charge < -0.3 is 24.8 Å². The monoisotopic (exact) mass is 752 g/mol. The molecule has 0 atom stereocenters. The van der Waals surface area contributed by atoms with E-state index < -0.39 is 0 Å². The zero-order valence-corrected chi connectivity index (χ0v) is 34.5. The Bertz CT molecular complexity index is 1580. The summed E-state index contributed by atoms with van der Waals surface area (Å²) in [5.41, 5.74) is 11.8. The van der Waals surface area contributed by atoms with E-state index in [0.29, 0.717) is 0 Å². The van der Waals surface area contributed by atoms with Crippen LogP contribution in [0.2, 0.25) is 0 Å².